The molecule has 2 amide bonds. The molecule has 0 N–H and O–H groups in total. The molecule has 4 heterocycles. The molecule has 1 atom stereocenters. The molecule has 0 bridgehead atoms. The Kier molecular flexibility index (Phi) is 5.72. The number of carbonyl (C=O) groups excluding carboxylic acids is 2. The fraction of sp³-hybridized carbons (Fsp3) is 0.500. The van der Waals surface area contributed by atoms with Gasteiger partial charge in [-0.1, -0.05) is 5.16 Å². The van der Waals surface area contributed by atoms with E-state index in [-0.39, 0.29) is 61.6 Å². The van der Waals surface area contributed by atoms with Crippen molar-refractivity contribution in [2.24, 2.45) is 5.92 Å². The Morgan fingerprint density at radius 2 is 1.76 bits per heavy atom. The van der Waals surface area contributed by atoms with Gasteiger partial charge in [0.1, 0.15) is 23.8 Å². The molecule has 0 aliphatic carbocycles. The SMILES string of the molecule is Cc1noc(C)c1S(=O)(=O)N1CCN(C(=O)C2CC(=O)N(c3ccc4c(c3)OCCO4)C2)CC1. The number of fused-ring (bicyclic) bond motifs is 1. The number of nitrogens with zero attached hydrogens (tertiary/aromatic N) is 4. The van der Waals surface area contributed by atoms with Gasteiger partial charge in [0.15, 0.2) is 17.3 Å². The second-order valence-electron chi connectivity index (χ2n) is 8.62. The Labute approximate surface area is 197 Å². The largest absolute Gasteiger partial charge is 0.486 e. The molecule has 0 radical (unpaired) electrons. The van der Waals surface area contributed by atoms with Gasteiger partial charge in [-0.25, -0.2) is 8.42 Å². The van der Waals surface area contributed by atoms with E-state index >= 15 is 0 Å². The van der Waals surface area contributed by atoms with Crippen LogP contribution in [0.25, 0.3) is 0 Å². The third-order valence-corrected chi connectivity index (χ3v) is 8.57. The number of amides is 2. The molecule has 182 valence electrons. The second kappa shape index (κ2) is 8.58. The van der Waals surface area contributed by atoms with Crippen LogP contribution in [-0.4, -0.2) is 80.5 Å². The van der Waals surface area contributed by atoms with Crippen LogP contribution >= 0.6 is 0 Å². The minimum absolute atomic E-state index is 0.0868. The predicted molar refractivity (Wildman–Crippen MR) is 119 cm³/mol. The summed E-state index contributed by atoms with van der Waals surface area (Å²) < 4.78 is 43.5. The second-order valence-corrected chi connectivity index (χ2v) is 10.5. The van der Waals surface area contributed by atoms with Crippen molar-refractivity contribution in [3.63, 3.8) is 0 Å². The van der Waals surface area contributed by atoms with Crippen LogP contribution in [0.5, 0.6) is 11.5 Å². The lowest BCUT2D eigenvalue weighted by Gasteiger charge is -2.35. The Bertz CT molecular complexity index is 1210. The number of carbonyl (C=O) groups is 2. The number of aryl methyl sites for hydroxylation is 2. The summed E-state index contributed by atoms with van der Waals surface area (Å²) in [5.41, 5.74) is 0.986. The fourth-order valence-corrected chi connectivity index (χ4v) is 6.41. The average Bonchev–Trinajstić information content (AvgIpc) is 3.40. The average molecular weight is 491 g/mol. The first kappa shape index (κ1) is 22.7. The third-order valence-electron chi connectivity index (χ3n) is 6.43. The first-order valence-electron chi connectivity index (χ1n) is 11.2. The minimum Gasteiger partial charge on any atom is -0.486 e. The van der Waals surface area contributed by atoms with Crippen LogP contribution in [0, 0.1) is 19.8 Å². The van der Waals surface area contributed by atoms with Gasteiger partial charge in [0, 0.05) is 50.9 Å². The Balaban J connectivity index is 1.23. The molecule has 2 saturated heterocycles. The molecule has 12 heteroatoms. The van der Waals surface area contributed by atoms with E-state index in [2.05, 4.69) is 5.16 Å². The Hall–Kier alpha value is -3.12. The van der Waals surface area contributed by atoms with E-state index in [1.165, 1.54) is 4.31 Å². The van der Waals surface area contributed by atoms with E-state index in [1.807, 2.05) is 0 Å². The summed E-state index contributed by atoms with van der Waals surface area (Å²) in [6.07, 6.45) is 0.116. The van der Waals surface area contributed by atoms with Gasteiger partial charge < -0.3 is 23.8 Å². The number of sulfonamides is 1. The number of ether oxygens (including phenoxy) is 2. The number of rotatable bonds is 4. The van der Waals surface area contributed by atoms with Crippen LogP contribution in [0.15, 0.2) is 27.6 Å². The molecule has 0 saturated carbocycles. The maximum Gasteiger partial charge on any atom is 0.248 e. The highest BCUT2D eigenvalue weighted by Crippen LogP contribution is 2.36. The van der Waals surface area contributed by atoms with Gasteiger partial charge in [-0.2, -0.15) is 4.31 Å². The quantitative estimate of drug-likeness (QED) is 0.621. The highest BCUT2D eigenvalue weighted by molar-refractivity contribution is 7.89. The first-order valence-corrected chi connectivity index (χ1v) is 12.6. The van der Waals surface area contributed by atoms with Crippen LogP contribution in [0.2, 0.25) is 0 Å². The van der Waals surface area contributed by atoms with Crippen LogP contribution in [0.3, 0.4) is 0 Å². The lowest BCUT2D eigenvalue weighted by molar-refractivity contribution is -0.136. The van der Waals surface area contributed by atoms with Gasteiger partial charge in [-0.15, -0.1) is 0 Å². The molecule has 2 aromatic rings. The molecular weight excluding hydrogens is 464 g/mol. The Morgan fingerprint density at radius 3 is 2.44 bits per heavy atom. The van der Waals surface area contributed by atoms with Crippen molar-refractivity contribution in [2.45, 2.75) is 25.2 Å². The summed E-state index contributed by atoms with van der Waals surface area (Å²) in [7, 11) is -3.75. The summed E-state index contributed by atoms with van der Waals surface area (Å²) >= 11 is 0. The van der Waals surface area contributed by atoms with Gasteiger partial charge >= 0.3 is 0 Å². The van der Waals surface area contributed by atoms with Crippen LogP contribution in [0.1, 0.15) is 17.9 Å². The number of hydrogen-bond donors (Lipinski definition) is 0. The molecule has 3 aliphatic rings. The maximum absolute atomic E-state index is 13.2. The zero-order valence-electron chi connectivity index (χ0n) is 19.0. The molecule has 2 fully saturated rings. The van der Waals surface area contributed by atoms with E-state index in [9.17, 15) is 18.0 Å². The summed E-state index contributed by atoms with van der Waals surface area (Å²) in [4.78, 5) is 29.2. The van der Waals surface area contributed by atoms with E-state index in [4.69, 9.17) is 14.0 Å². The Morgan fingerprint density at radius 1 is 1.06 bits per heavy atom. The number of anilines is 1. The number of benzene rings is 1. The summed E-state index contributed by atoms with van der Waals surface area (Å²) in [5.74, 6) is 0.726. The van der Waals surface area contributed by atoms with Gasteiger partial charge in [-0.3, -0.25) is 9.59 Å². The lowest BCUT2D eigenvalue weighted by Crippen LogP contribution is -2.52. The van der Waals surface area contributed by atoms with Gasteiger partial charge in [-0.05, 0) is 26.0 Å². The van der Waals surface area contributed by atoms with Crippen molar-refractivity contribution in [2.75, 3.05) is 50.8 Å². The van der Waals surface area contributed by atoms with Crippen molar-refractivity contribution >= 4 is 27.5 Å². The topological polar surface area (TPSA) is 122 Å². The highest BCUT2D eigenvalue weighted by Gasteiger charge is 2.40. The third kappa shape index (κ3) is 3.90. The fourth-order valence-electron chi connectivity index (χ4n) is 4.70. The number of aromatic nitrogens is 1. The van der Waals surface area contributed by atoms with E-state index < -0.39 is 15.9 Å². The molecule has 3 aliphatic heterocycles. The monoisotopic (exact) mass is 490 g/mol. The maximum atomic E-state index is 13.2. The van der Waals surface area contributed by atoms with Crippen molar-refractivity contribution in [3.05, 3.63) is 29.7 Å². The molecule has 11 nitrogen and oxygen atoms in total. The van der Waals surface area contributed by atoms with Crippen molar-refractivity contribution in [1.29, 1.82) is 0 Å². The molecule has 34 heavy (non-hydrogen) atoms. The molecule has 1 aromatic carbocycles. The number of piperazine rings is 1. The summed E-state index contributed by atoms with van der Waals surface area (Å²) in [6.45, 7) is 5.23. The highest BCUT2D eigenvalue weighted by atomic mass is 32.2. The zero-order valence-corrected chi connectivity index (χ0v) is 19.8. The van der Waals surface area contributed by atoms with Gasteiger partial charge in [0.05, 0.1) is 5.92 Å². The lowest BCUT2D eigenvalue weighted by atomic mass is 10.1. The predicted octanol–water partition coefficient (Wildman–Crippen LogP) is 0.949. The summed E-state index contributed by atoms with van der Waals surface area (Å²) in [5, 5.41) is 3.74. The van der Waals surface area contributed by atoms with Crippen molar-refractivity contribution in [1.82, 2.24) is 14.4 Å². The van der Waals surface area contributed by atoms with Crippen LogP contribution in [-0.2, 0) is 19.6 Å². The number of hydrogen-bond acceptors (Lipinski definition) is 8. The molecule has 1 aromatic heterocycles. The van der Waals surface area contributed by atoms with Crippen LogP contribution < -0.4 is 14.4 Å². The molecule has 1 unspecified atom stereocenters. The van der Waals surface area contributed by atoms with E-state index in [0.29, 0.717) is 36.1 Å². The molecule has 5 rings (SSSR count). The normalized spacial score (nSPS) is 21.2. The van der Waals surface area contributed by atoms with Crippen molar-refractivity contribution in [3.8, 4) is 11.5 Å². The first-order chi connectivity index (χ1) is 16.3. The summed E-state index contributed by atoms with van der Waals surface area (Å²) in [6, 6.07) is 5.32. The van der Waals surface area contributed by atoms with Gasteiger partial charge in [0.25, 0.3) is 0 Å². The zero-order chi connectivity index (χ0) is 24.0. The molecule has 0 spiro atoms. The van der Waals surface area contributed by atoms with Crippen LogP contribution in [0.4, 0.5) is 5.69 Å². The van der Waals surface area contributed by atoms with E-state index in [0.717, 1.165) is 0 Å². The standard InChI is InChI=1S/C22H26N4O7S/c1-14-21(15(2)33-23-14)34(29,30)25-7-5-24(6-8-25)22(28)16-11-20(27)26(13-16)17-3-4-18-19(12-17)32-10-9-31-18/h3-4,12,16H,5-11,13H2,1-2H3. The van der Waals surface area contributed by atoms with E-state index in [1.54, 1.807) is 41.8 Å². The molecular formula is C22H26N4O7S. The smallest absolute Gasteiger partial charge is 0.248 e. The van der Waals surface area contributed by atoms with Gasteiger partial charge in [0.2, 0.25) is 21.8 Å². The van der Waals surface area contributed by atoms with Crippen molar-refractivity contribution < 1.29 is 32.0 Å². The minimum atomic E-state index is -3.75.